The third-order valence-electron chi connectivity index (χ3n) is 11.3. The molecule has 0 bridgehead atoms. The molecular formula is C55H94O9. The first-order valence-corrected chi connectivity index (χ1v) is 25.7. The van der Waals surface area contributed by atoms with Crippen molar-refractivity contribution in [3.8, 4) is 0 Å². The lowest BCUT2D eigenvalue weighted by molar-refractivity contribution is -0.305. The van der Waals surface area contributed by atoms with E-state index >= 15 is 0 Å². The van der Waals surface area contributed by atoms with Crippen molar-refractivity contribution in [1.82, 2.24) is 0 Å². The van der Waals surface area contributed by atoms with Crippen molar-refractivity contribution in [3.05, 3.63) is 85.1 Å². The van der Waals surface area contributed by atoms with Crippen molar-refractivity contribution in [3.63, 3.8) is 0 Å². The Labute approximate surface area is 390 Å². The number of carbonyl (C=O) groups is 1. The molecule has 6 atom stereocenters. The van der Waals surface area contributed by atoms with Crippen molar-refractivity contribution >= 4 is 5.97 Å². The monoisotopic (exact) mass is 899 g/mol. The minimum atomic E-state index is -1.55. The smallest absolute Gasteiger partial charge is 0.306 e. The van der Waals surface area contributed by atoms with E-state index in [0.29, 0.717) is 19.4 Å². The quantitative estimate of drug-likeness (QED) is 0.0268. The van der Waals surface area contributed by atoms with Gasteiger partial charge >= 0.3 is 5.97 Å². The average Bonchev–Trinajstić information content (AvgIpc) is 3.30. The molecule has 0 aromatic heterocycles. The second-order valence-electron chi connectivity index (χ2n) is 17.2. The van der Waals surface area contributed by atoms with Gasteiger partial charge in [0.25, 0.3) is 0 Å². The van der Waals surface area contributed by atoms with Crippen LogP contribution in [-0.2, 0) is 23.7 Å². The van der Waals surface area contributed by atoms with Gasteiger partial charge < -0.3 is 39.4 Å². The zero-order valence-electron chi connectivity index (χ0n) is 40.5. The predicted molar refractivity (Wildman–Crippen MR) is 265 cm³/mol. The Morgan fingerprint density at radius 1 is 0.516 bits per heavy atom. The molecule has 4 N–H and O–H groups in total. The van der Waals surface area contributed by atoms with E-state index in [1.165, 1.54) is 109 Å². The normalized spacial score (nSPS) is 20.2. The first-order valence-electron chi connectivity index (χ1n) is 25.7. The highest BCUT2D eigenvalue weighted by molar-refractivity contribution is 5.69. The van der Waals surface area contributed by atoms with Crippen molar-refractivity contribution in [1.29, 1.82) is 0 Å². The molecule has 6 unspecified atom stereocenters. The molecule has 0 aromatic rings. The molecule has 1 saturated heterocycles. The van der Waals surface area contributed by atoms with E-state index in [1.807, 2.05) is 0 Å². The average molecular weight is 899 g/mol. The Morgan fingerprint density at radius 3 is 1.44 bits per heavy atom. The van der Waals surface area contributed by atoms with Crippen molar-refractivity contribution < 1.29 is 44.2 Å². The second kappa shape index (κ2) is 45.5. The van der Waals surface area contributed by atoms with Gasteiger partial charge in [-0.3, -0.25) is 4.79 Å². The third-order valence-corrected chi connectivity index (χ3v) is 11.3. The molecule has 1 aliphatic rings. The highest BCUT2D eigenvalue weighted by Crippen LogP contribution is 2.22. The van der Waals surface area contributed by atoms with Crippen molar-refractivity contribution in [2.45, 2.75) is 230 Å². The molecule has 0 saturated carbocycles. The molecule has 1 aliphatic heterocycles. The summed E-state index contributed by atoms with van der Waals surface area (Å²) in [6.07, 6.45) is 55.0. The number of allylic oxidation sites excluding steroid dienone is 13. The van der Waals surface area contributed by atoms with Gasteiger partial charge in [-0.25, -0.2) is 0 Å². The molecule has 1 fully saturated rings. The molecule has 368 valence electrons. The summed E-state index contributed by atoms with van der Waals surface area (Å²) in [6.45, 7) is 4.21. The number of hydrogen-bond acceptors (Lipinski definition) is 9. The Morgan fingerprint density at radius 2 is 0.953 bits per heavy atom. The summed E-state index contributed by atoms with van der Waals surface area (Å²) in [7, 11) is 0. The lowest BCUT2D eigenvalue weighted by Crippen LogP contribution is -2.59. The van der Waals surface area contributed by atoms with Gasteiger partial charge in [-0.15, -0.1) is 0 Å². The second-order valence-corrected chi connectivity index (χ2v) is 17.2. The van der Waals surface area contributed by atoms with Crippen LogP contribution in [0.1, 0.15) is 194 Å². The number of esters is 1. The standard InChI is InChI=1S/C55H94O9/c1-3-5-7-9-11-13-15-17-19-21-22-23-24-25-26-27-28-29-30-32-34-36-38-40-42-44-51(57)63-49(48-62-55-54(60)53(59)52(58)50(46-56)64-55)47-61-45-43-41-39-37-35-33-31-20-18-16-14-12-10-8-6-4-2/h6,8,12,14-15,17-18,20-22,33,35,39,41,49-50,52-56,58-60H,3-5,7,9-11,13,16,19,23-32,34,36-38,40,42-48H2,1-2H3/b8-6-,14-12-,17-15-,20-18-,22-21-,35-33-,41-39-. The largest absolute Gasteiger partial charge is 0.457 e. The molecular weight excluding hydrogens is 805 g/mol. The lowest BCUT2D eigenvalue weighted by Gasteiger charge is -2.39. The number of unbranched alkanes of at least 4 members (excludes halogenated alkanes) is 18. The number of aliphatic hydroxyl groups is 4. The van der Waals surface area contributed by atoms with Crippen LogP contribution in [0, 0.1) is 0 Å². The van der Waals surface area contributed by atoms with E-state index in [9.17, 15) is 25.2 Å². The maximum atomic E-state index is 12.8. The van der Waals surface area contributed by atoms with Crippen molar-refractivity contribution in [2.24, 2.45) is 0 Å². The summed E-state index contributed by atoms with van der Waals surface area (Å²) in [5.41, 5.74) is 0. The van der Waals surface area contributed by atoms with Crippen LogP contribution in [0.3, 0.4) is 0 Å². The van der Waals surface area contributed by atoms with Crippen LogP contribution in [-0.4, -0.2) is 89.6 Å². The zero-order valence-corrected chi connectivity index (χ0v) is 40.5. The van der Waals surface area contributed by atoms with Gasteiger partial charge in [0.15, 0.2) is 6.29 Å². The first kappa shape index (κ1) is 59.4. The summed E-state index contributed by atoms with van der Waals surface area (Å²) in [6, 6.07) is 0. The van der Waals surface area contributed by atoms with Crippen LogP contribution in [0.2, 0.25) is 0 Å². The number of aliphatic hydroxyl groups excluding tert-OH is 4. The fourth-order valence-corrected chi connectivity index (χ4v) is 7.35. The molecule has 0 spiro atoms. The number of hydrogen-bond donors (Lipinski definition) is 4. The molecule has 0 aliphatic carbocycles. The van der Waals surface area contributed by atoms with Gasteiger partial charge in [0.1, 0.15) is 30.5 Å². The summed E-state index contributed by atoms with van der Waals surface area (Å²) < 4.78 is 22.8. The van der Waals surface area contributed by atoms with Crippen LogP contribution >= 0.6 is 0 Å². The van der Waals surface area contributed by atoms with Gasteiger partial charge in [0, 0.05) is 6.42 Å². The summed E-state index contributed by atoms with van der Waals surface area (Å²) in [5.74, 6) is -0.341. The number of rotatable bonds is 43. The Bertz CT molecular complexity index is 1250. The van der Waals surface area contributed by atoms with E-state index in [1.54, 1.807) is 0 Å². The molecule has 9 heteroatoms. The van der Waals surface area contributed by atoms with Gasteiger partial charge in [-0.05, 0) is 77.0 Å². The summed E-state index contributed by atoms with van der Waals surface area (Å²) in [4.78, 5) is 12.8. The highest BCUT2D eigenvalue weighted by Gasteiger charge is 2.44. The SMILES string of the molecule is CC/C=C\C/C=C\C/C=C\C/C=C\C/C=C\CCOCC(COC1OC(CO)C(O)C(O)C1O)OC(=O)CCCCCCCCCCCCCCC/C=C\C/C=C\CCCCCCC. The molecule has 64 heavy (non-hydrogen) atoms. The summed E-state index contributed by atoms with van der Waals surface area (Å²) in [5, 5.41) is 40.2. The highest BCUT2D eigenvalue weighted by atomic mass is 16.7. The molecule has 0 aromatic carbocycles. The van der Waals surface area contributed by atoms with Crippen LogP contribution in [0.25, 0.3) is 0 Å². The minimum Gasteiger partial charge on any atom is -0.457 e. The third kappa shape index (κ3) is 35.6. The van der Waals surface area contributed by atoms with E-state index in [-0.39, 0.29) is 19.2 Å². The molecule has 0 amide bonds. The lowest BCUT2D eigenvalue weighted by atomic mass is 9.99. The Kier molecular flexibility index (Phi) is 42.2. The zero-order chi connectivity index (χ0) is 46.4. The number of carbonyl (C=O) groups excluding carboxylic acids is 1. The van der Waals surface area contributed by atoms with Gasteiger partial charge in [0.05, 0.1) is 26.4 Å². The predicted octanol–water partition coefficient (Wildman–Crippen LogP) is 12.6. The van der Waals surface area contributed by atoms with E-state index < -0.39 is 43.4 Å². The van der Waals surface area contributed by atoms with Crippen LogP contribution in [0.4, 0.5) is 0 Å². The van der Waals surface area contributed by atoms with Crippen LogP contribution < -0.4 is 0 Å². The van der Waals surface area contributed by atoms with E-state index in [4.69, 9.17) is 18.9 Å². The van der Waals surface area contributed by atoms with E-state index in [2.05, 4.69) is 98.9 Å². The number of ether oxygens (including phenoxy) is 4. The van der Waals surface area contributed by atoms with Crippen LogP contribution in [0.15, 0.2) is 85.1 Å². The molecule has 1 heterocycles. The minimum absolute atomic E-state index is 0.0864. The molecule has 1 rings (SSSR count). The van der Waals surface area contributed by atoms with Gasteiger partial charge in [-0.2, -0.15) is 0 Å². The fourth-order valence-electron chi connectivity index (χ4n) is 7.35. The first-order chi connectivity index (χ1) is 31.4. The fraction of sp³-hybridized carbons (Fsp3) is 0.727. The summed E-state index contributed by atoms with van der Waals surface area (Å²) >= 11 is 0. The molecule has 0 radical (unpaired) electrons. The van der Waals surface area contributed by atoms with E-state index in [0.717, 1.165) is 57.8 Å². The molecule has 9 nitrogen and oxygen atoms in total. The van der Waals surface area contributed by atoms with Crippen molar-refractivity contribution in [2.75, 3.05) is 26.4 Å². The topological polar surface area (TPSA) is 135 Å². The van der Waals surface area contributed by atoms with Gasteiger partial charge in [-0.1, -0.05) is 195 Å². The van der Waals surface area contributed by atoms with Crippen LogP contribution in [0.5, 0.6) is 0 Å². The Balaban J connectivity index is 2.22. The maximum Gasteiger partial charge on any atom is 0.306 e. The van der Waals surface area contributed by atoms with Gasteiger partial charge in [0.2, 0.25) is 0 Å². The Hall–Kier alpha value is -2.63. The maximum absolute atomic E-state index is 12.8.